The molecule has 144 heavy (non-hydrogen) atoms. The second-order valence-electron chi connectivity index (χ2n) is 38.6. The van der Waals surface area contributed by atoms with Crippen molar-refractivity contribution in [2.75, 3.05) is 146 Å². The third kappa shape index (κ3) is 17.3. The number of benzene rings is 8. The average Bonchev–Trinajstić information content (AvgIpc) is 1.43. The molecule has 0 radical (unpaired) electrons. The monoisotopic (exact) mass is 2270 g/mol. The number of carbonyl (C=O) groups is 1. The molecule has 1 spiro atoms. The molecule has 1 unspecified atom stereocenters. The minimum atomic E-state index is -1.89. The van der Waals surface area contributed by atoms with Gasteiger partial charge in [0, 0.05) is 95.9 Å². The smallest absolute Gasteiger partial charge is 0.200 e. The zero-order chi connectivity index (χ0) is 100. The highest BCUT2D eigenvalue weighted by Gasteiger charge is 2.85. The second kappa shape index (κ2) is 41.4. The van der Waals surface area contributed by atoms with Gasteiger partial charge < -0.3 is 117 Å². The number of nitriles is 1. The fourth-order valence-electron chi connectivity index (χ4n) is 24.0. The third-order valence-corrected chi connectivity index (χ3v) is 31.6. The van der Waals surface area contributed by atoms with Crippen LogP contribution in [0.4, 0.5) is 0 Å². The number of fused-ring (bicyclic) bond motifs is 13. The summed E-state index contributed by atoms with van der Waals surface area (Å²) in [7, 11) is 4.73. The maximum Gasteiger partial charge on any atom is 0.200 e. The standard InChI is InChI=1S/C29H29N3O5.C28H29BrN2O5.C24H20BrNO4.C23H18BrNO4.C4H9NO.C3H9OS.HI/c1-35-24-17-31-18-25-26(24)29(34)27(33,19-32-11-13-36-14-12-32)15-23(21-5-3-2-4-6-21)28(29,37-25)22-9-7-20(16-30)8-10-22;1-34-23-16-30-17-24-25(23)28(33)26(32,18-31-11-13-35-14-12-31)15-22(19-5-3-2-4-6-19)27(28,36-24)20-7-9-21(29)10-8-20;1-28-19-12-26-13-20-21(19)24(27)22(14-29-22)11-18(15-5-3-2-4-6-15)23(24,30-20)16-7-9-17(25)10-8-16;1-28-18-12-25-13-19-21(18)22(27)20(26)11-17(14-5-3-2-4-6-14)23(22,29-19)15-7-9-16(24)10-8-15;1-3-6-4-2-5-1;1-5(2,3)4;/h2-10,17-18,23,33-34H,11-15,19H2,1H3;2-10,16-17,22,32-33H,11-15,18H2,1H3;2-10,12-13,18,27H,11,14H2,1H3;2-10,12-13,17,27H,11H2,1H3;5H,1-4H2;1-3H3;1H/q;;;;;+1;/p-1/t23-,27+,28-,29-;22-,26+,27-,28-;18-,22?,23-,24-;17-,22+,23-;;;/m0000.../s1. The van der Waals surface area contributed by atoms with E-state index in [-0.39, 0.29) is 73.4 Å². The van der Waals surface area contributed by atoms with Crippen molar-refractivity contribution in [2.24, 2.45) is 0 Å². The number of ether oxygens (including phenoxy) is 12. The molecule has 12 aromatic rings. The Labute approximate surface area is 879 Å². The average molecular weight is 2280 g/mol. The summed E-state index contributed by atoms with van der Waals surface area (Å²) >= 11 is 10.5. The number of aromatic nitrogens is 4. The molecule has 4 aromatic heterocycles. The van der Waals surface area contributed by atoms with Crippen LogP contribution in [0.3, 0.4) is 0 Å². The predicted molar refractivity (Wildman–Crippen MR) is 544 cm³/mol. The van der Waals surface area contributed by atoms with Gasteiger partial charge in [0.05, 0.1) is 168 Å². The number of hydrogen-bond acceptors (Lipinski definition) is 28. The molecule has 12 heterocycles. The lowest BCUT2D eigenvalue weighted by Crippen LogP contribution is -3.00. The van der Waals surface area contributed by atoms with E-state index in [0.717, 1.165) is 78.7 Å². The summed E-state index contributed by atoms with van der Waals surface area (Å²) < 4.78 is 84.4. The molecule has 15 atom stereocenters. The number of epoxide rings is 1. The molecule has 12 aliphatic rings. The van der Waals surface area contributed by atoms with Gasteiger partial charge in [0.25, 0.3) is 0 Å². The van der Waals surface area contributed by atoms with E-state index >= 15 is 0 Å². The maximum atomic E-state index is 13.4. The molecule has 28 nitrogen and oxygen atoms in total. The van der Waals surface area contributed by atoms with Crippen molar-refractivity contribution in [3.8, 4) is 52.1 Å². The van der Waals surface area contributed by atoms with Crippen LogP contribution >= 0.6 is 47.8 Å². The lowest BCUT2D eigenvalue weighted by Gasteiger charge is -2.46. The summed E-state index contributed by atoms with van der Waals surface area (Å²) in [6, 6.07) is 72.3. The molecular formula is C111H114Br3IN8O20S. The van der Waals surface area contributed by atoms with Gasteiger partial charge in [0.1, 0.15) is 81.6 Å². The molecule has 8 aliphatic heterocycles. The van der Waals surface area contributed by atoms with E-state index < -0.39 is 77.5 Å². The highest BCUT2D eigenvalue weighted by Crippen LogP contribution is 2.77. The number of halogens is 4. The van der Waals surface area contributed by atoms with Crippen molar-refractivity contribution in [3.63, 3.8) is 0 Å². The Morgan fingerprint density at radius 3 is 1.02 bits per heavy atom. The number of rotatable bonds is 16. The highest BCUT2D eigenvalue weighted by molar-refractivity contribution is 9.11. The van der Waals surface area contributed by atoms with Gasteiger partial charge in [0.15, 0.2) is 50.6 Å². The zero-order valence-electron chi connectivity index (χ0n) is 80.6. The number of carbonyl (C=O) groups excluding carboxylic acids is 1. The van der Waals surface area contributed by atoms with E-state index in [1.54, 1.807) is 82.3 Å². The van der Waals surface area contributed by atoms with Crippen LogP contribution < -0.4 is 67.2 Å². The Bertz CT molecular complexity index is 6670. The van der Waals surface area contributed by atoms with Crippen molar-refractivity contribution >= 4 is 63.5 Å². The van der Waals surface area contributed by atoms with E-state index in [0.29, 0.717) is 151 Å². The number of methoxy groups -OCH3 is 4. The van der Waals surface area contributed by atoms with Gasteiger partial charge in [0.2, 0.25) is 0 Å². The second-order valence-corrected chi connectivity index (χ2v) is 44.8. The molecule has 4 saturated carbocycles. The van der Waals surface area contributed by atoms with Gasteiger partial charge in [-0.2, -0.15) is 5.26 Å². The van der Waals surface area contributed by atoms with E-state index in [9.17, 15) is 44.9 Å². The highest BCUT2D eigenvalue weighted by atomic mass is 127. The number of pyridine rings is 4. The lowest BCUT2D eigenvalue weighted by molar-refractivity contribution is -0.205. The number of nitrogens with one attached hydrogen (secondary N) is 1. The van der Waals surface area contributed by atoms with Crippen molar-refractivity contribution in [1.29, 1.82) is 5.26 Å². The van der Waals surface area contributed by atoms with E-state index in [1.807, 2.05) is 194 Å². The SMILES string of the molecule is C1COCCN1.COc1cncc2c1[C@]1(O)C(=O)C[C@@H](c3ccccc3)[C@]1(c1ccc(Br)cc1)O2.COc1cncc2c1[C@]1(O)C3(CO3)C[C@@H](c3ccccc3)[C@]1(c1ccc(Br)cc1)O2.COc1cncc2c1[C@]1(O)[C@](O)(CN3CCOCC3)C[C@@H](c3ccccc3)[C@]1(c1ccc(Br)cc1)O2.COc1cncc2c1[C@]1(O)[C@](O)(CN3CCOCC3)C[C@@H](c3ccccc3)[C@]1(c1ccc(C#N)cc1)O2.C[S+](C)(C)=O.[I-]. The summed E-state index contributed by atoms with van der Waals surface area (Å²) in [5, 5.41) is 88.8. The van der Waals surface area contributed by atoms with E-state index in [1.165, 1.54) is 26.6 Å². The van der Waals surface area contributed by atoms with Crippen molar-refractivity contribution in [3.05, 3.63) is 354 Å². The third-order valence-electron chi connectivity index (χ3n) is 30.0. The van der Waals surface area contributed by atoms with Crippen LogP contribution in [-0.2, 0) is 82.7 Å². The summed E-state index contributed by atoms with van der Waals surface area (Å²) in [6.07, 6.45) is 19.1. The summed E-state index contributed by atoms with van der Waals surface area (Å²) in [4.78, 5) is 34.8. The number of hydrogen-bond donors (Lipinski definition) is 7. The number of morpholine rings is 3. The Morgan fingerprint density at radius 2 is 0.701 bits per heavy atom. The van der Waals surface area contributed by atoms with Crippen LogP contribution in [0.15, 0.2) is 281 Å². The minimum Gasteiger partial charge on any atom is -1.00 e. The van der Waals surface area contributed by atoms with Gasteiger partial charge >= 0.3 is 0 Å². The topological polar surface area (TPSA) is 363 Å². The van der Waals surface area contributed by atoms with Crippen LogP contribution in [0.5, 0.6) is 46.0 Å². The normalized spacial score (nSPS) is 29.6. The Kier molecular flexibility index (Phi) is 29.8. The van der Waals surface area contributed by atoms with Crippen molar-refractivity contribution in [1.82, 2.24) is 35.1 Å². The van der Waals surface area contributed by atoms with E-state index in [2.05, 4.69) is 101 Å². The van der Waals surface area contributed by atoms with Crippen molar-refractivity contribution in [2.45, 2.75) is 111 Å². The fraction of sp³-hybridized carbons (Fsp3) is 0.369. The molecular weight excluding hydrogens is 2160 g/mol. The Hall–Kier alpha value is -10.3. The maximum absolute atomic E-state index is 13.4. The Balaban J connectivity index is 0.000000122. The molecule has 4 saturated heterocycles. The Morgan fingerprint density at radius 1 is 0.410 bits per heavy atom. The quantitative estimate of drug-likeness (QED) is 0.0268. The number of β-amino-alcohol motifs (C(OH)–C–C–N with tert-alkyl or cyclic N) is 2. The van der Waals surface area contributed by atoms with Crippen LogP contribution in [-0.4, -0.2) is 229 Å². The first-order valence-corrected chi connectivity index (χ1v) is 52.8. The molecule has 0 bridgehead atoms. The van der Waals surface area contributed by atoms with Gasteiger partial charge in [-0.05, 0) is 112 Å². The molecule has 24 rings (SSSR count). The zero-order valence-corrected chi connectivity index (χ0v) is 88.3. The van der Waals surface area contributed by atoms with Gasteiger partial charge in [-0.25, -0.2) is 0 Å². The number of nitrogens with zero attached hydrogens (tertiary/aromatic N) is 7. The number of ketones is 1. The van der Waals surface area contributed by atoms with E-state index in [4.69, 9.17) is 56.8 Å². The lowest BCUT2D eigenvalue weighted by atomic mass is 9.68. The first-order valence-electron chi connectivity index (χ1n) is 47.6. The molecule has 4 aliphatic carbocycles. The summed E-state index contributed by atoms with van der Waals surface area (Å²) in [5.41, 5.74) is -6.70. The van der Waals surface area contributed by atoms with Crippen LogP contribution in [0.1, 0.15) is 122 Å². The number of aliphatic hydroxyl groups is 6. The van der Waals surface area contributed by atoms with Crippen LogP contribution in [0.2, 0.25) is 0 Å². The molecule has 0 amide bonds. The summed E-state index contributed by atoms with van der Waals surface area (Å²) in [6.45, 7) is 9.78. The molecule has 8 aromatic carbocycles. The van der Waals surface area contributed by atoms with Crippen molar-refractivity contribution < 1.29 is 120 Å². The number of Topliss-reactive ketones (excluding diaryl/α,β-unsaturated/α-hetero) is 1. The first kappa shape index (κ1) is 104. The van der Waals surface area contributed by atoms with Crippen LogP contribution in [0.25, 0.3) is 0 Å². The predicted octanol–water partition coefficient (Wildman–Crippen LogP) is 11.6. The molecule has 7 N–H and O–H groups in total. The first-order chi connectivity index (χ1) is 69.0. The molecule has 8 fully saturated rings. The molecule has 33 heteroatoms. The van der Waals surface area contributed by atoms with Crippen LogP contribution in [0, 0.1) is 11.3 Å². The van der Waals surface area contributed by atoms with Gasteiger partial charge in [-0.3, -0.25) is 34.5 Å². The fourth-order valence-corrected chi connectivity index (χ4v) is 24.7. The summed E-state index contributed by atoms with van der Waals surface area (Å²) in [5.74, 6) is 1.72. The largest absolute Gasteiger partial charge is 1.00 e. The minimum absolute atomic E-state index is 0. The van der Waals surface area contributed by atoms with Gasteiger partial charge in [-0.15, -0.1) is 4.21 Å². The van der Waals surface area contributed by atoms with Gasteiger partial charge in [-0.1, -0.05) is 218 Å². The molecule has 752 valence electrons.